The molecule has 0 aromatic heterocycles. The van der Waals surface area contributed by atoms with Crippen LogP contribution in [0.25, 0.3) is 0 Å². The highest BCUT2D eigenvalue weighted by molar-refractivity contribution is 5.95. The lowest BCUT2D eigenvalue weighted by molar-refractivity contribution is 0.0753. The molecule has 1 heterocycles. The van der Waals surface area contributed by atoms with Crippen LogP contribution in [0, 0.1) is 0 Å². The maximum absolute atomic E-state index is 12.7. The maximum atomic E-state index is 12.7. The standard InChI is InChI=1S/C17H24N2O5/c1-4-24-17(21)19-9-5-8-18(10-11-19)16(20)13-6-7-14(22-2)15(12-13)23-3/h6-7,12H,4-5,8-11H2,1-3H3. The van der Waals surface area contributed by atoms with Gasteiger partial charge in [-0.1, -0.05) is 0 Å². The van der Waals surface area contributed by atoms with Crippen LogP contribution < -0.4 is 9.47 Å². The molecule has 0 N–H and O–H groups in total. The van der Waals surface area contributed by atoms with Crippen molar-refractivity contribution in [2.75, 3.05) is 47.0 Å². The summed E-state index contributed by atoms with van der Waals surface area (Å²) in [7, 11) is 3.09. The number of rotatable bonds is 4. The van der Waals surface area contributed by atoms with Gasteiger partial charge in [-0.2, -0.15) is 0 Å². The molecule has 1 aliphatic rings. The zero-order chi connectivity index (χ0) is 17.5. The lowest BCUT2D eigenvalue weighted by Crippen LogP contribution is -2.37. The molecule has 1 fully saturated rings. The maximum Gasteiger partial charge on any atom is 0.409 e. The molecule has 0 spiro atoms. The molecule has 0 aliphatic carbocycles. The van der Waals surface area contributed by atoms with E-state index in [2.05, 4.69) is 0 Å². The Kier molecular flexibility index (Phi) is 6.28. The average Bonchev–Trinajstić information content (AvgIpc) is 2.86. The molecule has 1 aromatic carbocycles. The van der Waals surface area contributed by atoms with Crippen molar-refractivity contribution in [1.29, 1.82) is 0 Å². The summed E-state index contributed by atoms with van der Waals surface area (Å²) in [6, 6.07) is 5.11. The fourth-order valence-corrected chi connectivity index (χ4v) is 2.67. The molecule has 24 heavy (non-hydrogen) atoms. The smallest absolute Gasteiger partial charge is 0.409 e. The van der Waals surface area contributed by atoms with Crippen molar-refractivity contribution in [1.82, 2.24) is 9.80 Å². The average molecular weight is 336 g/mol. The van der Waals surface area contributed by atoms with Gasteiger partial charge in [0.15, 0.2) is 11.5 Å². The number of hydrogen-bond donors (Lipinski definition) is 0. The first-order valence-electron chi connectivity index (χ1n) is 8.03. The van der Waals surface area contributed by atoms with E-state index in [1.165, 1.54) is 7.11 Å². The van der Waals surface area contributed by atoms with Gasteiger partial charge in [-0.3, -0.25) is 4.79 Å². The van der Waals surface area contributed by atoms with Gasteiger partial charge in [0.2, 0.25) is 0 Å². The molecular weight excluding hydrogens is 312 g/mol. The van der Waals surface area contributed by atoms with Crippen LogP contribution in [0.15, 0.2) is 18.2 Å². The number of carbonyl (C=O) groups is 2. The molecule has 0 radical (unpaired) electrons. The molecule has 0 atom stereocenters. The molecule has 7 nitrogen and oxygen atoms in total. The molecule has 7 heteroatoms. The summed E-state index contributed by atoms with van der Waals surface area (Å²) in [6.07, 6.45) is 0.399. The number of amides is 2. The van der Waals surface area contributed by atoms with Crippen LogP contribution in [-0.2, 0) is 4.74 Å². The van der Waals surface area contributed by atoms with Gasteiger partial charge in [0, 0.05) is 31.7 Å². The third kappa shape index (κ3) is 4.10. The minimum atomic E-state index is -0.321. The van der Waals surface area contributed by atoms with E-state index in [-0.39, 0.29) is 12.0 Å². The van der Waals surface area contributed by atoms with Crippen molar-refractivity contribution in [3.8, 4) is 11.5 Å². The van der Waals surface area contributed by atoms with Gasteiger partial charge in [-0.15, -0.1) is 0 Å². The van der Waals surface area contributed by atoms with E-state index in [1.54, 1.807) is 42.0 Å². The zero-order valence-electron chi connectivity index (χ0n) is 14.4. The van der Waals surface area contributed by atoms with E-state index in [1.807, 2.05) is 0 Å². The van der Waals surface area contributed by atoms with Crippen molar-refractivity contribution in [3.63, 3.8) is 0 Å². The van der Waals surface area contributed by atoms with E-state index in [4.69, 9.17) is 14.2 Å². The first-order chi connectivity index (χ1) is 11.6. The molecule has 0 unspecified atom stereocenters. The van der Waals surface area contributed by atoms with E-state index in [9.17, 15) is 9.59 Å². The summed E-state index contributed by atoms with van der Waals surface area (Å²) < 4.78 is 15.5. The normalized spacial score (nSPS) is 14.8. The highest BCUT2D eigenvalue weighted by Gasteiger charge is 2.24. The van der Waals surface area contributed by atoms with Crippen LogP contribution in [0.1, 0.15) is 23.7 Å². The second kappa shape index (κ2) is 8.42. The Hall–Kier alpha value is -2.44. The Bertz CT molecular complexity index is 590. The molecule has 1 aliphatic heterocycles. The largest absolute Gasteiger partial charge is 0.493 e. The number of benzene rings is 1. The fourth-order valence-electron chi connectivity index (χ4n) is 2.67. The molecule has 1 saturated heterocycles. The van der Waals surface area contributed by atoms with Crippen molar-refractivity contribution in [2.24, 2.45) is 0 Å². The predicted molar refractivity (Wildman–Crippen MR) is 88.7 cm³/mol. The minimum absolute atomic E-state index is 0.0818. The van der Waals surface area contributed by atoms with Gasteiger partial charge in [0.05, 0.1) is 20.8 Å². The third-order valence-electron chi connectivity index (χ3n) is 3.94. The summed E-state index contributed by atoms with van der Waals surface area (Å²) in [5.74, 6) is 1.02. The second-order valence-electron chi connectivity index (χ2n) is 5.40. The predicted octanol–water partition coefficient (Wildman–Crippen LogP) is 2.01. The number of methoxy groups -OCH3 is 2. The number of nitrogens with zero attached hydrogens (tertiary/aromatic N) is 2. The fraction of sp³-hybridized carbons (Fsp3) is 0.529. The van der Waals surface area contributed by atoms with Crippen molar-refractivity contribution >= 4 is 12.0 Å². The first-order valence-corrected chi connectivity index (χ1v) is 8.03. The first kappa shape index (κ1) is 17.9. The Morgan fingerprint density at radius 2 is 1.67 bits per heavy atom. The lowest BCUT2D eigenvalue weighted by atomic mass is 10.1. The van der Waals surface area contributed by atoms with E-state index >= 15 is 0 Å². The van der Waals surface area contributed by atoms with E-state index in [0.29, 0.717) is 49.8 Å². The van der Waals surface area contributed by atoms with Gasteiger partial charge in [0.1, 0.15) is 0 Å². The van der Waals surface area contributed by atoms with Crippen molar-refractivity contribution < 1.29 is 23.8 Å². The number of carbonyl (C=O) groups excluding carboxylic acids is 2. The summed E-state index contributed by atoms with van der Waals surface area (Å²) in [6.45, 7) is 4.27. The van der Waals surface area contributed by atoms with Crippen LogP contribution in [0.4, 0.5) is 4.79 Å². The Balaban J connectivity index is 2.06. The molecule has 132 valence electrons. The highest BCUT2D eigenvalue weighted by Crippen LogP contribution is 2.28. The van der Waals surface area contributed by atoms with Crippen LogP contribution >= 0.6 is 0 Å². The second-order valence-corrected chi connectivity index (χ2v) is 5.40. The molecule has 2 amide bonds. The summed E-state index contributed by atoms with van der Waals surface area (Å²) >= 11 is 0. The molecule has 0 bridgehead atoms. The number of hydrogen-bond acceptors (Lipinski definition) is 5. The highest BCUT2D eigenvalue weighted by atomic mass is 16.6. The molecule has 0 saturated carbocycles. The monoisotopic (exact) mass is 336 g/mol. The van der Waals surface area contributed by atoms with Crippen LogP contribution in [0.2, 0.25) is 0 Å². The Morgan fingerprint density at radius 3 is 2.33 bits per heavy atom. The van der Waals surface area contributed by atoms with Crippen molar-refractivity contribution in [2.45, 2.75) is 13.3 Å². The van der Waals surface area contributed by atoms with E-state index < -0.39 is 0 Å². The van der Waals surface area contributed by atoms with E-state index in [0.717, 1.165) is 6.42 Å². The Labute approximate surface area is 142 Å². The summed E-state index contributed by atoms with van der Waals surface area (Å²) in [4.78, 5) is 27.9. The molecule has 2 rings (SSSR count). The summed E-state index contributed by atoms with van der Waals surface area (Å²) in [5.41, 5.74) is 0.539. The van der Waals surface area contributed by atoms with Crippen LogP contribution in [0.5, 0.6) is 11.5 Å². The van der Waals surface area contributed by atoms with Gasteiger partial charge in [-0.05, 0) is 31.5 Å². The molecule has 1 aromatic rings. The minimum Gasteiger partial charge on any atom is -0.493 e. The third-order valence-corrected chi connectivity index (χ3v) is 3.94. The Morgan fingerprint density at radius 1 is 1.00 bits per heavy atom. The van der Waals surface area contributed by atoms with Gasteiger partial charge in [0.25, 0.3) is 5.91 Å². The quantitative estimate of drug-likeness (QED) is 0.841. The molecular formula is C17H24N2O5. The lowest BCUT2D eigenvalue weighted by Gasteiger charge is -2.22. The van der Waals surface area contributed by atoms with Crippen LogP contribution in [-0.4, -0.2) is 68.8 Å². The van der Waals surface area contributed by atoms with Gasteiger partial charge >= 0.3 is 6.09 Å². The van der Waals surface area contributed by atoms with Gasteiger partial charge < -0.3 is 24.0 Å². The zero-order valence-corrected chi connectivity index (χ0v) is 14.4. The SMILES string of the molecule is CCOC(=O)N1CCCN(C(=O)c2ccc(OC)c(OC)c2)CC1. The van der Waals surface area contributed by atoms with Crippen LogP contribution in [0.3, 0.4) is 0 Å². The van der Waals surface area contributed by atoms with Gasteiger partial charge in [-0.25, -0.2) is 4.79 Å². The number of ether oxygens (including phenoxy) is 3. The topological polar surface area (TPSA) is 68.3 Å². The van der Waals surface area contributed by atoms with Crippen molar-refractivity contribution in [3.05, 3.63) is 23.8 Å². The summed E-state index contributed by atoms with van der Waals surface area (Å²) in [5, 5.41) is 0.